The molecule has 0 saturated carbocycles. The van der Waals surface area contributed by atoms with Crippen molar-refractivity contribution in [2.24, 2.45) is 11.1 Å². The van der Waals surface area contributed by atoms with Crippen molar-refractivity contribution in [1.29, 1.82) is 0 Å². The summed E-state index contributed by atoms with van der Waals surface area (Å²) in [6.45, 7) is 6.81. The Hall–Kier alpha value is -3.60. The smallest absolute Gasteiger partial charge is 0.399 e. The van der Waals surface area contributed by atoms with Crippen LogP contribution >= 0.6 is 0 Å². The largest absolute Gasteiger partial charge is 0.416 e. The minimum atomic E-state index is -4.61. The molecular weight excluding hydrogens is 475 g/mol. The van der Waals surface area contributed by atoms with E-state index in [0.29, 0.717) is 18.3 Å². The molecule has 0 spiro atoms. The lowest BCUT2D eigenvalue weighted by Crippen LogP contribution is -2.69. The zero-order valence-electron chi connectivity index (χ0n) is 20.7. The molecule has 2 aromatic rings. The van der Waals surface area contributed by atoms with Gasteiger partial charge in [-0.1, -0.05) is 39.0 Å². The quantitative estimate of drug-likeness (QED) is 0.332. The maximum Gasteiger partial charge on any atom is 0.416 e. The van der Waals surface area contributed by atoms with Crippen LogP contribution in [0.5, 0.6) is 0 Å². The monoisotopic (exact) mass is 507 g/mol. The molecule has 1 unspecified atom stereocenters. The van der Waals surface area contributed by atoms with E-state index in [2.05, 4.69) is 16.0 Å². The first-order valence-electron chi connectivity index (χ1n) is 11.2. The van der Waals surface area contributed by atoms with Crippen molar-refractivity contribution < 1.29 is 27.6 Å². The van der Waals surface area contributed by atoms with E-state index in [0.717, 1.165) is 23.3 Å². The van der Waals surface area contributed by atoms with Gasteiger partial charge in [-0.3, -0.25) is 14.4 Å². The lowest BCUT2D eigenvalue weighted by molar-refractivity contribution is -0.137. The number of hydrogen-bond acceptors (Lipinski definition) is 5. The second-order valence-electron chi connectivity index (χ2n) is 9.62. The minimum Gasteiger partial charge on any atom is -0.399 e. The first-order valence-corrected chi connectivity index (χ1v) is 11.2. The van der Waals surface area contributed by atoms with Crippen LogP contribution in [0, 0.1) is 12.3 Å². The van der Waals surface area contributed by atoms with Crippen LogP contribution in [-0.2, 0) is 22.3 Å². The Morgan fingerprint density at radius 3 is 2.22 bits per heavy atom. The fourth-order valence-corrected chi connectivity index (χ4v) is 3.59. The molecule has 0 saturated heterocycles. The molecule has 7 N–H and O–H groups in total. The van der Waals surface area contributed by atoms with Crippen molar-refractivity contribution >= 4 is 23.4 Å². The summed E-state index contributed by atoms with van der Waals surface area (Å²) in [5.41, 5.74) is 10.5. The summed E-state index contributed by atoms with van der Waals surface area (Å²) >= 11 is 0. The standard InChI is InChI=1S/C25H32F3N5O3/c1-15-8-9-16(10-19(15)29)12-31-14-24(22(30)36,23(2,3)4)33-20(34)13-32-21(35)17-6-5-7-18(11-17)25(26,27)28/h5-11,31H,12-14,29H2,1-4H3,(H2,30,36)(H,32,35)(H,33,34). The first-order chi connectivity index (χ1) is 16.6. The van der Waals surface area contributed by atoms with Gasteiger partial charge in [0.2, 0.25) is 11.8 Å². The molecule has 0 heterocycles. The number of rotatable bonds is 9. The Morgan fingerprint density at radius 2 is 1.67 bits per heavy atom. The molecule has 196 valence electrons. The normalized spacial score (nSPS) is 13.5. The highest BCUT2D eigenvalue weighted by Gasteiger charge is 2.48. The average Bonchev–Trinajstić information content (AvgIpc) is 2.77. The fourth-order valence-electron chi connectivity index (χ4n) is 3.59. The van der Waals surface area contributed by atoms with Gasteiger partial charge in [0.15, 0.2) is 0 Å². The van der Waals surface area contributed by atoms with Crippen molar-refractivity contribution in [3.05, 3.63) is 64.7 Å². The number of nitrogen functional groups attached to an aromatic ring is 1. The van der Waals surface area contributed by atoms with E-state index >= 15 is 0 Å². The Balaban J connectivity index is 2.10. The molecule has 0 radical (unpaired) electrons. The van der Waals surface area contributed by atoms with Crippen molar-refractivity contribution in [2.75, 3.05) is 18.8 Å². The van der Waals surface area contributed by atoms with Gasteiger partial charge in [-0.25, -0.2) is 0 Å². The van der Waals surface area contributed by atoms with Crippen molar-refractivity contribution in [3.63, 3.8) is 0 Å². The van der Waals surface area contributed by atoms with Gasteiger partial charge >= 0.3 is 6.18 Å². The van der Waals surface area contributed by atoms with Crippen LogP contribution in [0.1, 0.15) is 47.8 Å². The SMILES string of the molecule is Cc1ccc(CNCC(NC(=O)CNC(=O)c2cccc(C(F)(F)F)c2)(C(N)=O)C(C)(C)C)cc1N. The number of primary amides is 1. The summed E-state index contributed by atoms with van der Waals surface area (Å²) in [6, 6.07) is 9.38. The topological polar surface area (TPSA) is 139 Å². The van der Waals surface area contributed by atoms with E-state index in [1.165, 1.54) is 6.07 Å². The molecule has 2 aromatic carbocycles. The lowest BCUT2D eigenvalue weighted by Gasteiger charge is -2.43. The maximum absolute atomic E-state index is 12.9. The summed E-state index contributed by atoms with van der Waals surface area (Å²) in [6.07, 6.45) is -4.61. The van der Waals surface area contributed by atoms with Crippen LogP contribution in [-0.4, -0.2) is 36.3 Å². The minimum absolute atomic E-state index is 0.0209. The highest BCUT2D eigenvalue weighted by atomic mass is 19.4. The number of benzene rings is 2. The van der Waals surface area contributed by atoms with E-state index in [1.54, 1.807) is 26.8 Å². The summed E-state index contributed by atoms with van der Waals surface area (Å²) in [4.78, 5) is 37.7. The number of anilines is 1. The average molecular weight is 508 g/mol. The van der Waals surface area contributed by atoms with Crippen LogP contribution in [0.4, 0.5) is 18.9 Å². The van der Waals surface area contributed by atoms with Crippen LogP contribution in [0.2, 0.25) is 0 Å². The van der Waals surface area contributed by atoms with Gasteiger partial charge in [0, 0.05) is 24.3 Å². The number of aryl methyl sites for hydroxylation is 1. The van der Waals surface area contributed by atoms with Gasteiger partial charge < -0.3 is 27.4 Å². The van der Waals surface area contributed by atoms with E-state index < -0.39 is 47.0 Å². The second-order valence-corrected chi connectivity index (χ2v) is 9.62. The van der Waals surface area contributed by atoms with Gasteiger partial charge in [0.1, 0.15) is 5.54 Å². The molecule has 0 bridgehead atoms. The predicted octanol–water partition coefficient (Wildman–Crippen LogP) is 2.50. The summed E-state index contributed by atoms with van der Waals surface area (Å²) < 4.78 is 38.7. The molecule has 11 heteroatoms. The molecule has 0 aromatic heterocycles. The first kappa shape index (κ1) is 28.6. The van der Waals surface area contributed by atoms with Gasteiger partial charge in [-0.2, -0.15) is 13.2 Å². The molecule has 0 aliphatic rings. The van der Waals surface area contributed by atoms with Crippen molar-refractivity contribution in [3.8, 4) is 0 Å². The third-order valence-electron chi connectivity index (χ3n) is 5.98. The molecular formula is C25H32F3N5O3. The zero-order valence-corrected chi connectivity index (χ0v) is 20.7. The Morgan fingerprint density at radius 1 is 1.00 bits per heavy atom. The number of carbonyl (C=O) groups excluding carboxylic acids is 3. The van der Waals surface area contributed by atoms with Crippen LogP contribution in [0.15, 0.2) is 42.5 Å². The molecule has 8 nitrogen and oxygen atoms in total. The summed E-state index contributed by atoms with van der Waals surface area (Å²) in [5, 5.41) is 8.03. The van der Waals surface area contributed by atoms with Gasteiger partial charge in [0.05, 0.1) is 12.1 Å². The molecule has 0 aliphatic heterocycles. The number of carbonyl (C=O) groups is 3. The molecule has 36 heavy (non-hydrogen) atoms. The second kappa shape index (κ2) is 11.0. The number of alkyl halides is 3. The molecule has 0 aliphatic carbocycles. The van der Waals surface area contributed by atoms with Gasteiger partial charge in [0.25, 0.3) is 5.91 Å². The Bertz CT molecular complexity index is 1130. The van der Waals surface area contributed by atoms with Crippen molar-refractivity contribution in [1.82, 2.24) is 16.0 Å². The number of halogens is 3. The van der Waals surface area contributed by atoms with E-state index in [9.17, 15) is 27.6 Å². The predicted molar refractivity (Wildman–Crippen MR) is 131 cm³/mol. The summed E-state index contributed by atoms with van der Waals surface area (Å²) in [7, 11) is 0. The number of hydrogen-bond donors (Lipinski definition) is 5. The third kappa shape index (κ3) is 6.97. The number of nitrogens with two attached hydrogens (primary N) is 2. The van der Waals surface area contributed by atoms with E-state index in [4.69, 9.17) is 11.5 Å². The lowest BCUT2D eigenvalue weighted by atomic mass is 9.72. The molecule has 0 fully saturated rings. The molecule has 3 amide bonds. The van der Waals surface area contributed by atoms with E-state index in [-0.39, 0.29) is 12.1 Å². The Kier molecular flexibility index (Phi) is 8.74. The summed E-state index contributed by atoms with van der Waals surface area (Å²) in [5.74, 6) is -2.39. The van der Waals surface area contributed by atoms with E-state index in [1.807, 2.05) is 19.1 Å². The highest BCUT2D eigenvalue weighted by molar-refractivity contribution is 5.98. The van der Waals surface area contributed by atoms with Crippen LogP contribution < -0.4 is 27.4 Å². The molecule has 1 atom stereocenters. The van der Waals surface area contributed by atoms with Gasteiger partial charge in [-0.05, 0) is 47.7 Å². The van der Waals surface area contributed by atoms with Gasteiger partial charge in [-0.15, -0.1) is 0 Å². The number of amides is 3. The van der Waals surface area contributed by atoms with Crippen LogP contribution in [0.3, 0.4) is 0 Å². The third-order valence-corrected chi connectivity index (χ3v) is 5.98. The fraction of sp³-hybridized carbons (Fsp3) is 0.400. The highest BCUT2D eigenvalue weighted by Crippen LogP contribution is 2.31. The van der Waals surface area contributed by atoms with Crippen LogP contribution in [0.25, 0.3) is 0 Å². The number of nitrogens with one attached hydrogen (secondary N) is 3. The molecule has 2 rings (SSSR count). The zero-order chi connectivity index (χ0) is 27.3. The van der Waals surface area contributed by atoms with Crippen molar-refractivity contribution in [2.45, 2.75) is 46.0 Å². The Labute approximate surface area is 208 Å². The maximum atomic E-state index is 12.9.